The van der Waals surface area contributed by atoms with E-state index in [1.54, 1.807) is 0 Å². The fraction of sp³-hybridized carbons (Fsp3) is 1.00. The zero-order chi connectivity index (χ0) is 13.0. The third kappa shape index (κ3) is 7.81. The zero-order valence-electron chi connectivity index (χ0n) is 12.8. The van der Waals surface area contributed by atoms with Crippen molar-refractivity contribution in [1.29, 1.82) is 0 Å². The number of hydrogen-bond acceptors (Lipinski definition) is 1. The second-order valence-electron chi connectivity index (χ2n) is 5.65. The van der Waals surface area contributed by atoms with Crippen molar-refractivity contribution in [1.82, 2.24) is 5.32 Å². The number of rotatable bonds is 12. The molecule has 0 amide bonds. The molecule has 1 N–H and O–H groups in total. The molecule has 1 unspecified atom stereocenters. The third-order valence-corrected chi connectivity index (χ3v) is 4.17. The van der Waals surface area contributed by atoms with Gasteiger partial charge >= 0.3 is 0 Å². The van der Waals surface area contributed by atoms with Crippen LogP contribution < -0.4 is 5.32 Å². The van der Waals surface area contributed by atoms with Crippen LogP contribution in [-0.4, -0.2) is 13.6 Å². The van der Waals surface area contributed by atoms with Gasteiger partial charge in [-0.1, -0.05) is 65.7 Å². The molecule has 1 heteroatoms. The maximum absolute atomic E-state index is 3.42. The molecule has 0 fully saturated rings. The predicted octanol–water partition coefficient (Wildman–Crippen LogP) is 5.15. The van der Waals surface area contributed by atoms with Crippen molar-refractivity contribution in [3.05, 3.63) is 0 Å². The molecule has 17 heavy (non-hydrogen) atoms. The molecule has 0 aromatic carbocycles. The fourth-order valence-corrected chi connectivity index (χ4v) is 2.81. The van der Waals surface area contributed by atoms with Gasteiger partial charge in [-0.15, -0.1) is 0 Å². The minimum atomic E-state index is 0.580. The molecule has 0 aliphatic heterocycles. The van der Waals surface area contributed by atoms with E-state index in [1.165, 1.54) is 70.8 Å². The van der Waals surface area contributed by atoms with Crippen molar-refractivity contribution < 1.29 is 0 Å². The molecule has 0 rings (SSSR count). The Morgan fingerprint density at radius 1 is 0.765 bits per heavy atom. The average molecular weight is 241 g/mol. The highest BCUT2D eigenvalue weighted by atomic mass is 14.8. The molecular formula is C16H35N. The SMILES string of the molecule is CCCCCCCC(CC)(CCCC)CNC. The lowest BCUT2D eigenvalue weighted by molar-refractivity contribution is 0.209. The maximum Gasteiger partial charge on any atom is 0.000470 e. The van der Waals surface area contributed by atoms with E-state index in [0.717, 1.165) is 0 Å². The lowest BCUT2D eigenvalue weighted by Crippen LogP contribution is -2.32. The summed E-state index contributed by atoms with van der Waals surface area (Å²) in [5.74, 6) is 0. The Morgan fingerprint density at radius 2 is 1.35 bits per heavy atom. The molecule has 0 saturated carbocycles. The van der Waals surface area contributed by atoms with Crippen molar-refractivity contribution in [3.63, 3.8) is 0 Å². The Kier molecular flexibility index (Phi) is 11.0. The molecule has 0 aromatic rings. The summed E-state index contributed by atoms with van der Waals surface area (Å²) in [4.78, 5) is 0. The fourth-order valence-electron chi connectivity index (χ4n) is 2.81. The highest BCUT2D eigenvalue weighted by molar-refractivity contribution is 4.79. The van der Waals surface area contributed by atoms with Crippen LogP contribution in [0.2, 0.25) is 0 Å². The monoisotopic (exact) mass is 241 g/mol. The predicted molar refractivity (Wildman–Crippen MR) is 79.6 cm³/mol. The summed E-state index contributed by atoms with van der Waals surface area (Å²) < 4.78 is 0. The van der Waals surface area contributed by atoms with Gasteiger partial charge in [-0.3, -0.25) is 0 Å². The van der Waals surface area contributed by atoms with Gasteiger partial charge < -0.3 is 5.32 Å². The van der Waals surface area contributed by atoms with Crippen molar-refractivity contribution in [2.45, 2.75) is 85.0 Å². The van der Waals surface area contributed by atoms with Crippen LogP contribution in [0.25, 0.3) is 0 Å². The summed E-state index contributed by atoms with van der Waals surface area (Å²) in [6.07, 6.45) is 14.0. The van der Waals surface area contributed by atoms with E-state index < -0.39 is 0 Å². The topological polar surface area (TPSA) is 12.0 Å². The minimum Gasteiger partial charge on any atom is -0.319 e. The maximum atomic E-state index is 3.42. The van der Waals surface area contributed by atoms with Crippen molar-refractivity contribution >= 4 is 0 Å². The Hall–Kier alpha value is -0.0400. The van der Waals surface area contributed by atoms with E-state index in [2.05, 4.69) is 33.1 Å². The van der Waals surface area contributed by atoms with Gasteiger partial charge in [-0.25, -0.2) is 0 Å². The van der Waals surface area contributed by atoms with Crippen LogP contribution >= 0.6 is 0 Å². The Morgan fingerprint density at radius 3 is 1.88 bits per heavy atom. The first kappa shape index (κ1) is 17.0. The van der Waals surface area contributed by atoms with Gasteiger partial charge in [0.2, 0.25) is 0 Å². The normalized spacial score (nSPS) is 14.8. The van der Waals surface area contributed by atoms with Crippen molar-refractivity contribution in [2.75, 3.05) is 13.6 Å². The summed E-state index contributed by atoms with van der Waals surface area (Å²) in [5.41, 5.74) is 0.580. The summed E-state index contributed by atoms with van der Waals surface area (Å²) in [7, 11) is 2.10. The second kappa shape index (κ2) is 11.1. The first-order chi connectivity index (χ1) is 8.24. The van der Waals surface area contributed by atoms with Crippen LogP contribution in [0.15, 0.2) is 0 Å². The molecule has 0 aliphatic carbocycles. The third-order valence-electron chi connectivity index (χ3n) is 4.17. The average Bonchev–Trinajstić information content (AvgIpc) is 2.35. The van der Waals surface area contributed by atoms with Crippen LogP contribution in [0.5, 0.6) is 0 Å². The molecular weight excluding hydrogens is 206 g/mol. The van der Waals surface area contributed by atoms with Crippen LogP contribution in [0.1, 0.15) is 85.0 Å². The first-order valence-electron chi connectivity index (χ1n) is 7.89. The van der Waals surface area contributed by atoms with Gasteiger partial charge in [0, 0.05) is 6.54 Å². The highest BCUT2D eigenvalue weighted by Crippen LogP contribution is 2.34. The Labute approximate surface area is 110 Å². The summed E-state index contributed by atoms with van der Waals surface area (Å²) in [5, 5.41) is 3.42. The lowest BCUT2D eigenvalue weighted by atomic mass is 9.76. The molecule has 0 aliphatic rings. The van der Waals surface area contributed by atoms with E-state index in [-0.39, 0.29) is 0 Å². The van der Waals surface area contributed by atoms with E-state index in [9.17, 15) is 0 Å². The van der Waals surface area contributed by atoms with Gasteiger partial charge in [0.05, 0.1) is 0 Å². The van der Waals surface area contributed by atoms with Crippen LogP contribution in [0.4, 0.5) is 0 Å². The van der Waals surface area contributed by atoms with E-state index in [1.807, 2.05) is 0 Å². The quantitative estimate of drug-likeness (QED) is 0.466. The van der Waals surface area contributed by atoms with Gasteiger partial charge in [-0.2, -0.15) is 0 Å². The molecule has 0 saturated heterocycles. The summed E-state index contributed by atoms with van der Waals surface area (Å²) in [6, 6.07) is 0. The summed E-state index contributed by atoms with van der Waals surface area (Å²) in [6.45, 7) is 8.18. The largest absolute Gasteiger partial charge is 0.319 e. The molecule has 1 nitrogen and oxygen atoms in total. The standard InChI is InChI=1S/C16H35N/c1-5-8-10-11-12-14-16(7-3,15-17-4)13-9-6-2/h17H,5-15H2,1-4H3. The Bertz CT molecular complexity index is 156. The Balaban J connectivity index is 3.97. The number of unbranched alkanes of at least 4 members (excludes halogenated alkanes) is 5. The molecule has 0 radical (unpaired) electrons. The molecule has 0 spiro atoms. The zero-order valence-corrected chi connectivity index (χ0v) is 12.8. The van der Waals surface area contributed by atoms with Gasteiger partial charge in [0.15, 0.2) is 0 Å². The lowest BCUT2D eigenvalue weighted by Gasteiger charge is -2.33. The summed E-state index contributed by atoms with van der Waals surface area (Å²) >= 11 is 0. The first-order valence-corrected chi connectivity index (χ1v) is 7.89. The molecule has 0 bridgehead atoms. The number of nitrogens with one attached hydrogen (secondary N) is 1. The van der Waals surface area contributed by atoms with Crippen molar-refractivity contribution in [3.8, 4) is 0 Å². The highest BCUT2D eigenvalue weighted by Gasteiger charge is 2.25. The smallest absolute Gasteiger partial charge is 0.000470 e. The van der Waals surface area contributed by atoms with Gasteiger partial charge in [-0.05, 0) is 31.7 Å². The minimum absolute atomic E-state index is 0.580. The van der Waals surface area contributed by atoms with E-state index >= 15 is 0 Å². The van der Waals surface area contributed by atoms with Gasteiger partial charge in [0.25, 0.3) is 0 Å². The molecule has 1 atom stereocenters. The van der Waals surface area contributed by atoms with Crippen LogP contribution in [-0.2, 0) is 0 Å². The van der Waals surface area contributed by atoms with Crippen LogP contribution in [0, 0.1) is 5.41 Å². The number of hydrogen-bond donors (Lipinski definition) is 1. The second-order valence-corrected chi connectivity index (χ2v) is 5.65. The van der Waals surface area contributed by atoms with Crippen LogP contribution in [0.3, 0.4) is 0 Å². The van der Waals surface area contributed by atoms with E-state index in [4.69, 9.17) is 0 Å². The molecule has 0 heterocycles. The van der Waals surface area contributed by atoms with Gasteiger partial charge in [0.1, 0.15) is 0 Å². The molecule has 104 valence electrons. The van der Waals surface area contributed by atoms with Crippen molar-refractivity contribution in [2.24, 2.45) is 5.41 Å². The van der Waals surface area contributed by atoms with E-state index in [0.29, 0.717) is 5.41 Å². The molecule has 0 aromatic heterocycles.